The summed E-state index contributed by atoms with van der Waals surface area (Å²) in [5.74, 6) is -0.394. The average Bonchev–Trinajstić information content (AvgIpc) is 2.19. The SMILES string of the molecule is C=CC(=O)OC.Clc1cc[c]cc1. The van der Waals surface area contributed by atoms with E-state index in [2.05, 4.69) is 17.4 Å². The third-order valence-electron chi connectivity index (χ3n) is 1.05. The van der Waals surface area contributed by atoms with Crippen molar-refractivity contribution in [3.05, 3.63) is 48.0 Å². The zero-order valence-corrected chi connectivity index (χ0v) is 8.04. The van der Waals surface area contributed by atoms with Crippen molar-refractivity contribution < 1.29 is 9.53 Å². The van der Waals surface area contributed by atoms with Crippen LogP contribution in [-0.4, -0.2) is 13.1 Å². The summed E-state index contributed by atoms with van der Waals surface area (Å²) < 4.78 is 4.14. The van der Waals surface area contributed by atoms with Crippen LogP contribution in [0.2, 0.25) is 5.02 Å². The highest BCUT2D eigenvalue weighted by molar-refractivity contribution is 6.30. The van der Waals surface area contributed by atoms with Gasteiger partial charge in [-0.25, -0.2) is 4.79 Å². The van der Waals surface area contributed by atoms with Crippen LogP contribution in [0.5, 0.6) is 0 Å². The lowest BCUT2D eigenvalue weighted by molar-refractivity contribution is -0.134. The second kappa shape index (κ2) is 7.37. The fraction of sp³-hybridized carbons (Fsp3) is 0.100. The molecule has 1 aromatic carbocycles. The maximum Gasteiger partial charge on any atom is 0.329 e. The molecule has 3 heteroatoms. The fourth-order valence-electron chi connectivity index (χ4n) is 0.450. The molecule has 0 fully saturated rings. The molecular formula is C10H10ClO2. The van der Waals surface area contributed by atoms with E-state index in [1.807, 2.05) is 0 Å². The zero-order valence-electron chi connectivity index (χ0n) is 7.29. The van der Waals surface area contributed by atoms with Gasteiger partial charge in [-0.3, -0.25) is 0 Å². The molecule has 0 saturated heterocycles. The van der Waals surface area contributed by atoms with Gasteiger partial charge in [0.1, 0.15) is 0 Å². The molecule has 0 aliphatic carbocycles. The number of benzene rings is 1. The number of hydrogen-bond donors (Lipinski definition) is 0. The minimum atomic E-state index is -0.394. The molecule has 13 heavy (non-hydrogen) atoms. The van der Waals surface area contributed by atoms with Crippen LogP contribution in [0.25, 0.3) is 0 Å². The normalized spacial score (nSPS) is 7.85. The minimum absolute atomic E-state index is 0.394. The molecule has 0 aliphatic rings. The first-order valence-corrected chi connectivity index (χ1v) is 3.90. The first kappa shape index (κ1) is 11.7. The topological polar surface area (TPSA) is 26.3 Å². The van der Waals surface area contributed by atoms with Crippen LogP contribution in [0.3, 0.4) is 0 Å². The third-order valence-corrected chi connectivity index (χ3v) is 1.30. The monoisotopic (exact) mass is 197 g/mol. The Hall–Kier alpha value is -1.28. The molecule has 0 heterocycles. The smallest absolute Gasteiger partial charge is 0.329 e. The number of carbonyl (C=O) groups excluding carboxylic acids is 1. The van der Waals surface area contributed by atoms with Gasteiger partial charge < -0.3 is 4.74 Å². The van der Waals surface area contributed by atoms with Gasteiger partial charge in [0.25, 0.3) is 0 Å². The highest BCUT2D eigenvalue weighted by Crippen LogP contribution is 2.03. The maximum absolute atomic E-state index is 9.84. The lowest BCUT2D eigenvalue weighted by atomic mass is 10.4. The van der Waals surface area contributed by atoms with Crippen LogP contribution in [-0.2, 0) is 9.53 Å². The van der Waals surface area contributed by atoms with Crippen molar-refractivity contribution in [2.75, 3.05) is 7.11 Å². The van der Waals surface area contributed by atoms with Gasteiger partial charge in [-0.1, -0.05) is 30.3 Å². The van der Waals surface area contributed by atoms with E-state index in [1.54, 1.807) is 24.3 Å². The Balaban J connectivity index is 0.000000226. The van der Waals surface area contributed by atoms with Crippen molar-refractivity contribution in [1.29, 1.82) is 0 Å². The van der Waals surface area contributed by atoms with Crippen molar-refractivity contribution in [1.82, 2.24) is 0 Å². The number of esters is 1. The molecule has 1 aromatic rings. The molecule has 0 N–H and O–H groups in total. The summed E-state index contributed by atoms with van der Waals surface area (Å²) in [6, 6.07) is 10.00. The summed E-state index contributed by atoms with van der Waals surface area (Å²) in [5.41, 5.74) is 0. The fourth-order valence-corrected chi connectivity index (χ4v) is 0.576. The summed E-state index contributed by atoms with van der Waals surface area (Å²) >= 11 is 5.52. The Morgan fingerprint density at radius 1 is 1.62 bits per heavy atom. The average molecular weight is 198 g/mol. The van der Waals surface area contributed by atoms with Crippen LogP contribution in [0.15, 0.2) is 36.9 Å². The van der Waals surface area contributed by atoms with Gasteiger partial charge in [-0.05, 0) is 18.2 Å². The summed E-state index contributed by atoms with van der Waals surface area (Å²) in [7, 11) is 1.31. The first-order valence-electron chi connectivity index (χ1n) is 3.52. The van der Waals surface area contributed by atoms with E-state index in [-0.39, 0.29) is 0 Å². The second-order valence-corrected chi connectivity index (χ2v) is 2.38. The Morgan fingerprint density at radius 2 is 2.15 bits per heavy atom. The Labute approximate surface area is 82.8 Å². The zero-order chi connectivity index (χ0) is 10.1. The first-order chi connectivity index (χ1) is 6.20. The lowest BCUT2D eigenvalue weighted by Gasteiger charge is -1.83. The van der Waals surface area contributed by atoms with Crippen LogP contribution in [0, 0.1) is 6.07 Å². The van der Waals surface area contributed by atoms with Crippen LogP contribution in [0.1, 0.15) is 0 Å². The number of halogens is 1. The van der Waals surface area contributed by atoms with E-state index in [4.69, 9.17) is 11.6 Å². The van der Waals surface area contributed by atoms with E-state index >= 15 is 0 Å². The van der Waals surface area contributed by atoms with Crippen LogP contribution in [0.4, 0.5) is 0 Å². The van der Waals surface area contributed by atoms with Gasteiger partial charge >= 0.3 is 5.97 Å². The number of hydrogen-bond acceptors (Lipinski definition) is 2. The standard InChI is InChI=1S/C6H4Cl.C4H6O2/c7-6-4-2-1-3-5-6;1-3-4(5)6-2/h2-5H;3H,1H2,2H3. The predicted octanol–water partition coefficient (Wildman–Crippen LogP) is 2.49. The number of methoxy groups -OCH3 is 1. The van der Waals surface area contributed by atoms with Crippen molar-refractivity contribution in [2.45, 2.75) is 0 Å². The number of carbonyl (C=O) groups is 1. The highest BCUT2D eigenvalue weighted by Gasteiger charge is 1.81. The molecule has 0 saturated carbocycles. The van der Waals surface area contributed by atoms with E-state index in [1.165, 1.54) is 7.11 Å². The summed E-state index contributed by atoms with van der Waals surface area (Å²) in [4.78, 5) is 9.84. The Morgan fingerprint density at radius 3 is 2.31 bits per heavy atom. The Kier molecular flexibility index (Phi) is 6.65. The molecule has 0 spiro atoms. The van der Waals surface area contributed by atoms with Crippen LogP contribution < -0.4 is 0 Å². The van der Waals surface area contributed by atoms with E-state index in [0.29, 0.717) is 0 Å². The van der Waals surface area contributed by atoms with Gasteiger partial charge in [0.2, 0.25) is 0 Å². The molecule has 0 bridgehead atoms. The van der Waals surface area contributed by atoms with Gasteiger partial charge in [-0.2, -0.15) is 0 Å². The van der Waals surface area contributed by atoms with Crippen molar-refractivity contribution in [3.63, 3.8) is 0 Å². The number of rotatable bonds is 1. The molecule has 1 rings (SSSR count). The molecule has 0 unspecified atom stereocenters. The maximum atomic E-state index is 9.84. The highest BCUT2D eigenvalue weighted by atomic mass is 35.5. The van der Waals surface area contributed by atoms with Gasteiger partial charge in [0.15, 0.2) is 0 Å². The van der Waals surface area contributed by atoms with E-state index < -0.39 is 5.97 Å². The quantitative estimate of drug-likeness (QED) is 0.511. The van der Waals surface area contributed by atoms with Gasteiger partial charge in [-0.15, -0.1) is 0 Å². The molecule has 0 atom stereocenters. The molecular weight excluding hydrogens is 188 g/mol. The van der Waals surface area contributed by atoms with Gasteiger partial charge in [0.05, 0.1) is 7.11 Å². The molecule has 2 nitrogen and oxygen atoms in total. The molecule has 1 radical (unpaired) electrons. The van der Waals surface area contributed by atoms with Crippen molar-refractivity contribution in [2.24, 2.45) is 0 Å². The largest absolute Gasteiger partial charge is 0.466 e. The lowest BCUT2D eigenvalue weighted by Crippen LogP contribution is -1.91. The summed E-state index contributed by atoms with van der Waals surface area (Å²) in [6.07, 6.45) is 1.11. The Bertz CT molecular complexity index is 257. The molecule has 69 valence electrons. The van der Waals surface area contributed by atoms with Crippen LogP contribution >= 0.6 is 11.6 Å². The summed E-state index contributed by atoms with van der Waals surface area (Å²) in [6.45, 7) is 3.16. The van der Waals surface area contributed by atoms with E-state index in [9.17, 15) is 4.79 Å². The predicted molar refractivity (Wildman–Crippen MR) is 52.5 cm³/mol. The summed E-state index contributed by atoms with van der Waals surface area (Å²) in [5, 5.41) is 0.763. The van der Waals surface area contributed by atoms with E-state index in [0.717, 1.165) is 11.1 Å². The third kappa shape index (κ3) is 7.09. The molecule has 0 aliphatic heterocycles. The second-order valence-electron chi connectivity index (χ2n) is 1.95. The number of ether oxygens (including phenoxy) is 1. The van der Waals surface area contributed by atoms with Crippen molar-refractivity contribution >= 4 is 17.6 Å². The molecule has 0 aromatic heterocycles. The van der Waals surface area contributed by atoms with Gasteiger partial charge in [0, 0.05) is 11.1 Å². The minimum Gasteiger partial charge on any atom is -0.466 e. The van der Waals surface area contributed by atoms with Crippen molar-refractivity contribution in [3.8, 4) is 0 Å². The molecule has 0 amide bonds.